The minimum Gasteiger partial charge on any atom is -0.457 e. The fourth-order valence-corrected chi connectivity index (χ4v) is 2.86. The van der Waals surface area contributed by atoms with Crippen LogP contribution in [0.5, 0.6) is 11.5 Å². The summed E-state index contributed by atoms with van der Waals surface area (Å²) in [6.45, 7) is 0. The van der Waals surface area contributed by atoms with Crippen LogP contribution in [0.4, 0.5) is 5.69 Å². The van der Waals surface area contributed by atoms with Crippen molar-refractivity contribution in [2.24, 2.45) is 11.7 Å². The number of ketones is 1. The minimum absolute atomic E-state index is 0.0345. The fraction of sp³-hybridized carbons (Fsp3) is 0. The summed E-state index contributed by atoms with van der Waals surface area (Å²) in [5.41, 5.74) is 3.97. The van der Waals surface area contributed by atoms with Gasteiger partial charge in [0, 0.05) is 28.8 Å². The number of hydrogen-bond donors (Lipinski definition) is 4. The number of hydrogen-bond acceptors (Lipinski definition) is 8. The van der Waals surface area contributed by atoms with Crippen LogP contribution < -0.4 is 27.3 Å². The summed E-state index contributed by atoms with van der Waals surface area (Å²) in [7, 11) is 0. The number of ether oxygens (including phenoxy) is 1. The third kappa shape index (κ3) is 4.75. The first-order valence-corrected chi connectivity index (χ1v) is 9.07. The maximum atomic E-state index is 13.2. The van der Waals surface area contributed by atoms with Gasteiger partial charge in [-0.05, 0) is 42.5 Å². The van der Waals surface area contributed by atoms with E-state index in [9.17, 15) is 24.5 Å². The van der Waals surface area contributed by atoms with E-state index in [1.54, 1.807) is 12.1 Å². The third-order valence-corrected chi connectivity index (χ3v) is 4.41. The van der Waals surface area contributed by atoms with Gasteiger partial charge in [-0.15, -0.1) is 0 Å². The molecule has 0 unspecified atom stereocenters. The molecule has 3 rings (SSSR count). The van der Waals surface area contributed by atoms with E-state index in [4.69, 9.17) is 16.4 Å². The predicted molar refractivity (Wildman–Crippen MR) is 113 cm³/mol. The molecular weight excluding hydrogens is 418 g/mol. The first kappa shape index (κ1) is 22.1. The highest BCUT2D eigenvalue weighted by Gasteiger charge is 2.21. The van der Waals surface area contributed by atoms with Crippen molar-refractivity contribution in [2.45, 2.75) is 0 Å². The minimum atomic E-state index is -0.716. The van der Waals surface area contributed by atoms with E-state index in [1.165, 1.54) is 54.6 Å². The highest BCUT2D eigenvalue weighted by Crippen LogP contribution is 2.26. The average molecular weight is 435 g/mol. The van der Waals surface area contributed by atoms with Crippen molar-refractivity contribution in [1.82, 2.24) is 10.9 Å². The van der Waals surface area contributed by atoms with Gasteiger partial charge < -0.3 is 4.74 Å². The molecule has 11 nitrogen and oxygen atoms in total. The standard InChI is InChI=1S/C21H17N5O6/c22-24-20(28)13-4-9-17(21(29)25-23)18(11-13)19(27)12-2-1-3-16(10-12)32-15-7-5-14(6-8-15)26(30)31/h1-11H,22-23H2,(H,24,28)(H,25,29). The molecule has 0 heterocycles. The van der Waals surface area contributed by atoms with E-state index >= 15 is 0 Å². The number of nitro groups is 1. The lowest BCUT2D eigenvalue weighted by molar-refractivity contribution is -0.384. The summed E-state index contributed by atoms with van der Waals surface area (Å²) < 4.78 is 5.66. The van der Waals surface area contributed by atoms with Gasteiger partial charge >= 0.3 is 0 Å². The van der Waals surface area contributed by atoms with Gasteiger partial charge in [0.2, 0.25) is 0 Å². The fourth-order valence-electron chi connectivity index (χ4n) is 2.86. The highest BCUT2D eigenvalue weighted by molar-refractivity contribution is 6.16. The predicted octanol–water partition coefficient (Wildman–Crippen LogP) is 1.83. The lowest BCUT2D eigenvalue weighted by Gasteiger charge is -2.11. The van der Waals surface area contributed by atoms with E-state index in [0.717, 1.165) is 0 Å². The number of carbonyl (C=O) groups excluding carboxylic acids is 3. The zero-order valence-corrected chi connectivity index (χ0v) is 16.4. The Labute approximate surface area is 181 Å². The van der Waals surface area contributed by atoms with Crippen molar-refractivity contribution in [1.29, 1.82) is 0 Å². The van der Waals surface area contributed by atoms with Gasteiger partial charge in [-0.2, -0.15) is 0 Å². The molecular formula is C21H17N5O6. The van der Waals surface area contributed by atoms with E-state index in [1.807, 2.05) is 10.9 Å². The Hall–Kier alpha value is -4.61. The van der Waals surface area contributed by atoms with Crippen molar-refractivity contribution in [3.8, 4) is 11.5 Å². The summed E-state index contributed by atoms with van der Waals surface area (Å²) in [5.74, 6) is 9.03. The summed E-state index contributed by atoms with van der Waals surface area (Å²) in [4.78, 5) is 47.4. The van der Waals surface area contributed by atoms with Crippen LogP contribution in [0.2, 0.25) is 0 Å². The lowest BCUT2D eigenvalue weighted by Crippen LogP contribution is -2.32. The zero-order valence-electron chi connectivity index (χ0n) is 16.4. The zero-order chi connectivity index (χ0) is 23.3. The Morgan fingerprint density at radius 1 is 0.781 bits per heavy atom. The second kappa shape index (κ2) is 9.47. The van der Waals surface area contributed by atoms with Crippen LogP contribution >= 0.6 is 0 Å². The summed E-state index contributed by atoms with van der Waals surface area (Å²) in [5, 5.41) is 10.8. The Kier molecular flexibility index (Phi) is 6.53. The second-order valence-corrected chi connectivity index (χ2v) is 6.42. The molecule has 0 fully saturated rings. The Balaban J connectivity index is 1.94. The number of non-ortho nitro benzene ring substituents is 1. The number of nitrogens with zero attached hydrogens (tertiary/aromatic N) is 1. The number of nitro benzene ring substituents is 1. The molecule has 0 saturated heterocycles. The van der Waals surface area contributed by atoms with Crippen molar-refractivity contribution in [2.75, 3.05) is 0 Å². The third-order valence-electron chi connectivity index (χ3n) is 4.41. The number of rotatable bonds is 7. The first-order chi connectivity index (χ1) is 15.3. The number of nitrogen functional groups attached to an aromatic ring is 2. The molecule has 0 aliphatic rings. The maximum absolute atomic E-state index is 13.2. The highest BCUT2D eigenvalue weighted by atomic mass is 16.6. The van der Waals surface area contributed by atoms with E-state index < -0.39 is 22.5 Å². The molecule has 0 aliphatic heterocycles. The van der Waals surface area contributed by atoms with Crippen LogP contribution in [0.3, 0.4) is 0 Å². The molecule has 3 aromatic rings. The first-order valence-electron chi connectivity index (χ1n) is 9.07. The molecule has 0 saturated carbocycles. The normalized spacial score (nSPS) is 10.2. The summed E-state index contributed by atoms with van der Waals surface area (Å²) in [6, 6.07) is 15.4. The van der Waals surface area contributed by atoms with Crippen LogP contribution in [0.25, 0.3) is 0 Å². The monoisotopic (exact) mass is 435 g/mol. The molecule has 162 valence electrons. The van der Waals surface area contributed by atoms with Gasteiger partial charge in [0.25, 0.3) is 17.5 Å². The van der Waals surface area contributed by atoms with Crippen LogP contribution in [-0.2, 0) is 0 Å². The van der Waals surface area contributed by atoms with Gasteiger partial charge in [-0.25, -0.2) is 11.7 Å². The molecule has 0 aromatic heterocycles. The maximum Gasteiger partial charge on any atom is 0.269 e. The number of hydrazine groups is 2. The van der Waals surface area contributed by atoms with E-state index in [2.05, 4.69) is 0 Å². The molecule has 11 heteroatoms. The molecule has 2 amide bonds. The largest absolute Gasteiger partial charge is 0.457 e. The Morgan fingerprint density at radius 2 is 1.47 bits per heavy atom. The molecule has 3 aromatic carbocycles. The number of amides is 2. The van der Waals surface area contributed by atoms with Crippen molar-refractivity contribution in [3.63, 3.8) is 0 Å². The van der Waals surface area contributed by atoms with Crippen LogP contribution in [0.15, 0.2) is 66.7 Å². The average Bonchev–Trinajstić information content (AvgIpc) is 2.82. The molecule has 0 atom stereocenters. The smallest absolute Gasteiger partial charge is 0.269 e. The van der Waals surface area contributed by atoms with Crippen LogP contribution in [-0.4, -0.2) is 22.5 Å². The molecule has 6 N–H and O–H groups in total. The Morgan fingerprint density at radius 3 is 2.09 bits per heavy atom. The molecule has 0 spiro atoms. The number of nitrogens with one attached hydrogen (secondary N) is 2. The van der Waals surface area contributed by atoms with Gasteiger partial charge in [0.15, 0.2) is 5.78 Å². The van der Waals surface area contributed by atoms with Crippen LogP contribution in [0, 0.1) is 10.1 Å². The quantitative estimate of drug-likeness (QED) is 0.143. The van der Waals surface area contributed by atoms with Crippen molar-refractivity contribution >= 4 is 23.3 Å². The van der Waals surface area contributed by atoms with Gasteiger partial charge in [0.1, 0.15) is 11.5 Å². The van der Waals surface area contributed by atoms with E-state index in [0.29, 0.717) is 5.75 Å². The van der Waals surface area contributed by atoms with Crippen LogP contribution in [0.1, 0.15) is 36.6 Å². The van der Waals surface area contributed by atoms with E-state index in [-0.39, 0.29) is 33.7 Å². The SMILES string of the molecule is NNC(=O)c1ccc(C(=O)NN)c(C(=O)c2cccc(Oc3ccc([N+](=O)[O-])cc3)c2)c1. The lowest BCUT2D eigenvalue weighted by atomic mass is 9.95. The topological polar surface area (TPSA) is 180 Å². The Bertz CT molecular complexity index is 1210. The number of benzene rings is 3. The molecule has 0 bridgehead atoms. The van der Waals surface area contributed by atoms with Gasteiger partial charge in [-0.3, -0.25) is 35.3 Å². The van der Waals surface area contributed by atoms with Crippen molar-refractivity contribution < 1.29 is 24.0 Å². The van der Waals surface area contributed by atoms with Gasteiger partial charge in [0.05, 0.1) is 10.5 Å². The molecule has 0 aliphatic carbocycles. The van der Waals surface area contributed by atoms with Gasteiger partial charge in [-0.1, -0.05) is 12.1 Å². The summed E-state index contributed by atoms with van der Waals surface area (Å²) in [6.07, 6.45) is 0. The van der Waals surface area contributed by atoms with Crippen molar-refractivity contribution in [3.05, 3.63) is 99.1 Å². The second-order valence-electron chi connectivity index (χ2n) is 6.42. The summed E-state index contributed by atoms with van der Waals surface area (Å²) >= 11 is 0. The molecule has 32 heavy (non-hydrogen) atoms. The number of nitrogens with two attached hydrogens (primary N) is 2. The molecule has 0 radical (unpaired) electrons. The number of carbonyl (C=O) groups is 3.